The quantitative estimate of drug-likeness (QED) is 0.133. The molecule has 0 fully saturated rings. The Kier molecular flexibility index (Phi) is 6.71. The van der Waals surface area contributed by atoms with Crippen molar-refractivity contribution < 1.29 is 17.7 Å². The average Bonchev–Trinajstić information content (AvgIpc) is 3.75. The summed E-state index contributed by atoms with van der Waals surface area (Å²) in [5.74, 6) is 1.56. The number of aryl methyl sites for hydroxylation is 2. The molecule has 0 N–H and O–H groups in total. The zero-order valence-corrected chi connectivity index (χ0v) is 25.5. The normalized spacial score (nSPS) is 11.8. The fourth-order valence-electron chi connectivity index (χ4n) is 6.42. The Bertz CT molecular complexity index is 2380. The van der Waals surface area contributed by atoms with E-state index in [9.17, 15) is 9.59 Å². The van der Waals surface area contributed by atoms with Crippen molar-refractivity contribution in [2.75, 3.05) is 0 Å². The molecule has 0 saturated carbocycles. The Labute approximate surface area is 263 Å². The van der Waals surface area contributed by atoms with Crippen molar-refractivity contribution in [1.82, 2.24) is 0 Å². The van der Waals surface area contributed by atoms with E-state index in [1.807, 2.05) is 36.4 Å². The number of hydrogen-bond acceptors (Lipinski definition) is 6. The largest absolute Gasteiger partial charge is 0.453 e. The SMILES string of the molecule is CCCc1ccc2c(ccc3oc(=O)c(-c4ccc(-c5ccc(-c6cc7c(ccc8cc(CCC)ccc87)oc6=O)o5)o4)cc32)c1. The lowest BCUT2D eigenvalue weighted by molar-refractivity contribution is 0.525. The molecule has 0 radical (unpaired) electrons. The number of hydrogen-bond donors (Lipinski definition) is 0. The molecule has 8 aromatic rings. The maximum Gasteiger partial charge on any atom is 0.347 e. The van der Waals surface area contributed by atoms with Gasteiger partial charge in [-0.05, 0) is 94.0 Å². The van der Waals surface area contributed by atoms with Gasteiger partial charge < -0.3 is 17.7 Å². The molecule has 0 aliphatic heterocycles. The highest BCUT2D eigenvalue weighted by Gasteiger charge is 2.18. The summed E-state index contributed by atoms with van der Waals surface area (Å²) >= 11 is 0. The number of benzene rings is 4. The van der Waals surface area contributed by atoms with Crippen LogP contribution in [0.3, 0.4) is 0 Å². The Morgan fingerprint density at radius 3 is 1.30 bits per heavy atom. The second-order valence-corrected chi connectivity index (χ2v) is 11.8. The molecule has 0 atom stereocenters. The molecule has 46 heavy (non-hydrogen) atoms. The standard InChI is InChI=1S/C40H30O6/c1-3-5-23-7-11-27-25(19-23)9-13-33-29(27)21-31(39(41)45-33)35-15-17-37(43-35)38-18-16-36(44-38)32-22-30-28-12-8-24(6-4-2)20-26(28)10-14-34(30)46-40(32)42/h7-22H,3-6H2,1-2H3. The highest BCUT2D eigenvalue weighted by molar-refractivity contribution is 6.07. The Morgan fingerprint density at radius 1 is 0.435 bits per heavy atom. The summed E-state index contributed by atoms with van der Waals surface area (Å²) in [4.78, 5) is 26.1. The summed E-state index contributed by atoms with van der Waals surface area (Å²) in [5, 5.41) is 5.88. The molecule has 4 aromatic heterocycles. The predicted molar refractivity (Wildman–Crippen MR) is 182 cm³/mol. The van der Waals surface area contributed by atoms with Crippen LogP contribution >= 0.6 is 0 Å². The molecule has 8 rings (SSSR count). The van der Waals surface area contributed by atoms with Crippen LogP contribution < -0.4 is 11.3 Å². The Morgan fingerprint density at radius 2 is 0.870 bits per heavy atom. The summed E-state index contributed by atoms with van der Waals surface area (Å²) < 4.78 is 23.7. The third-order valence-electron chi connectivity index (χ3n) is 8.66. The molecule has 6 heteroatoms. The second kappa shape index (κ2) is 11.1. The molecule has 6 nitrogen and oxygen atoms in total. The van der Waals surface area contributed by atoms with Crippen molar-refractivity contribution in [3.8, 4) is 34.2 Å². The van der Waals surface area contributed by atoms with Gasteiger partial charge in [0.1, 0.15) is 33.8 Å². The van der Waals surface area contributed by atoms with Crippen molar-refractivity contribution in [2.24, 2.45) is 0 Å². The maximum absolute atomic E-state index is 13.0. The molecular weight excluding hydrogens is 576 g/mol. The monoisotopic (exact) mass is 606 g/mol. The minimum absolute atomic E-state index is 0.319. The minimum atomic E-state index is -0.488. The Hall–Kier alpha value is -5.62. The van der Waals surface area contributed by atoms with Gasteiger partial charge in [-0.2, -0.15) is 0 Å². The molecule has 0 bridgehead atoms. The van der Waals surface area contributed by atoms with Crippen LogP contribution in [-0.2, 0) is 12.8 Å². The number of furan rings is 2. The molecule has 226 valence electrons. The van der Waals surface area contributed by atoms with Crippen LogP contribution in [0.15, 0.2) is 124 Å². The van der Waals surface area contributed by atoms with Crippen LogP contribution in [0.1, 0.15) is 37.8 Å². The predicted octanol–water partition coefficient (Wildman–Crippen LogP) is 10.3. The van der Waals surface area contributed by atoms with E-state index in [1.54, 1.807) is 24.3 Å². The van der Waals surface area contributed by atoms with Gasteiger partial charge in [0.15, 0.2) is 11.5 Å². The second-order valence-electron chi connectivity index (χ2n) is 11.8. The zero-order chi connectivity index (χ0) is 31.4. The smallest absolute Gasteiger partial charge is 0.347 e. The summed E-state index contributed by atoms with van der Waals surface area (Å²) in [6.45, 7) is 4.33. The number of fused-ring (bicyclic) bond motifs is 6. The van der Waals surface area contributed by atoms with Gasteiger partial charge in [0.2, 0.25) is 0 Å². The van der Waals surface area contributed by atoms with E-state index < -0.39 is 11.3 Å². The third kappa shape index (κ3) is 4.74. The topological polar surface area (TPSA) is 86.7 Å². The van der Waals surface area contributed by atoms with E-state index in [0.717, 1.165) is 58.0 Å². The first kappa shape index (κ1) is 27.9. The molecule has 0 aliphatic rings. The fraction of sp³-hybridized carbons (Fsp3) is 0.150. The third-order valence-corrected chi connectivity index (χ3v) is 8.66. The van der Waals surface area contributed by atoms with Gasteiger partial charge in [-0.1, -0.05) is 75.2 Å². The maximum atomic E-state index is 13.0. The van der Waals surface area contributed by atoms with E-state index in [2.05, 4.69) is 50.2 Å². The van der Waals surface area contributed by atoms with Crippen LogP contribution in [0.25, 0.3) is 77.7 Å². The molecule has 0 amide bonds. The molecule has 4 aromatic carbocycles. The molecule has 0 unspecified atom stereocenters. The average molecular weight is 607 g/mol. The van der Waals surface area contributed by atoms with E-state index in [1.165, 1.54) is 11.1 Å². The van der Waals surface area contributed by atoms with Crippen molar-refractivity contribution in [3.05, 3.63) is 129 Å². The van der Waals surface area contributed by atoms with Gasteiger partial charge in [-0.15, -0.1) is 0 Å². The fourth-order valence-corrected chi connectivity index (χ4v) is 6.42. The summed E-state index contributed by atoms with van der Waals surface area (Å²) in [7, 11) is 0. The molecule has 4 heterocycles. The van der Waals surface area contributed by atoms with E-state index in [4.69, 9.17) is 17.7 Å². The summed E-state index contributed by atoms with van der Waals surface area (Å²) in [6, 6.07) is 31.0. The van der Waals surface area contributed by atoms with Gasteiger partial charge in [0, 0.05) is 10.8 Å². The van der Waals surface area contributed by atoms with Crippen LogP contribution in [-0.4, -0.2) is 0 Å². The van der Waals surface area contributed by atoms with Gasteiger partial charge in [-0.3, -0.25) is 0 Å². The number of rotatable bonds is 7. The first-order valence-electron chi connectivity index (χ1n) is 15.7. The van der Waals surface area contributed by atoms with Gasteiger partial charge in [0.25, 0.3) is 0 Å². The van der Waals surface area contributed by atoms with Crippen molar-refractivity contribution in [1.29, 1.82) is 0 Å². The molecule has 0 saturated heterocycles. The lowest BCUT2D eigenvalue weighted by Crippen LogP contribution is -2.02. The molecule has 0 aliphatic carbocycles. The minimum Gasteiger partial charge on any atom is -0.453 e. The zero-order valence-electron chi connectivity index (χ0n) is 25.5. The molecular formula is C40H30O6. The lowest BCUT2D eigenvalue weighted by atomic mass is 10.0. The lowest BCUT2D eigenvalue weighted by Gasteiger charge is -2.07. The highest BCUT2D eigenvalue weighted by Crippen LogP contribution is 2.35. The van der Waals surface area contributed by atoms with E-state index >= 15 is 0 Å². The van der Waals surface area contributed by atoms with Crippen molar-refractivity contribution >= 4 is 43.5 Å². The van der Waals surface area contributed by atoms with Crippen molar-refractivity contribution in [2.45, 2.75) is 39.5 Å². The van der Waals surface area contributed by atoms with Crippen LogP contribution in [0, 0.1) is 0 Å². The molecule has 0 spiro atoms. The van der Waals surface area contributed by atoms with Crippen LogP contribution in [0.2, 0.25) is 0 Å². The van der Waals surface area contributed by atoms with Gasteiger partial charge in [-0.25, -0.2) is 9.59 Å². The van der Waals surface area contributed by atoms with E-state index in [0.29, 0.717) is 45.3 Å². The van der Waals surface area contributed by atoms with Crippen molar-refractivity contribution in [3.63, 3.8) is 0 Å². The van der Waals surface area contributed by atoms with Crippen LogP contribution in [0.4, 0.5) is 0 Å². The van der Waals surface area contributed by atoms with Crippen LogP contribution in [0.5, 0.6) is 0 Å². The van der Waals surface area contributed by atoms with Gasteiger partial charge in [0.05, 0.1) is 0 Å². The highest BCUT2D eigenvalue weighted by atomic mass is 16.4. The summed E-state index contributed by atoms with van der Waals surface area (Å²) in [6.07, 6.45) is 4.16. The first-order chi connectivity index (χ1) is 22.5. The summed E-state index contributed by atoms with van der Waals surface area (Å²) in [5.41, 5.74) is 3.26. The Balaban J connectivity index is 1.16. The van der Waals surface area contributed by atoms with E-state index in [-0.39, 0.29) is 0 Å². The first-order valence-corrected chi connectivity index (χ1v) is 15.7. The van der Waals surface area contributed by atoms with Gasteiger partial charge >= 0.3 is 11.3 Å².